The van der Waals surface area contributed by atoms with E-state index in [2.05, 4.69) is 0 Å². The first-order valence-electron chi connectivity index (χ1n) is 5.86. The minimum atomic E-state index is -1.04. The summed E-state index contributed by atoms with van der Waals surface area (Å²) in [6.45, 7) is 1.45. The van der Waals surface area contributed by atoms with Gasteiger partial charge in [-0.25, -0.2) is 4.79 Å². The van der Waals surface area contributed by atoms with E-state index in [0.717, 1.165) is 0 Å². The van der Waals surface area contributed by atoms with E-state index in [1.54, 1.807) is 0 Å². The van der Waals surface area contributed by atoms with E-state index < -0.39 is 17.6 Å². The third-order valence-electron chi connectivity index (χ3n) is 3.07. The summed E-state index contributed by atoms with van der Waals surface area (Å²) in [5.41, 5.74) is 0.834. The molecule has 1 atom stereocenters. The largest absolute Gasteiger partial charge is 0.481 e. The van der Waals surface area contributed by atoms with E-state index in [1.165, 1.54) is 30.7 Å². The van der Waals surface area contributed by atoms with E-state index >= 15 is 0 Å². The van der Waals surface area contributed by atoms with E-state index in [0.29, 0.717) is 5.52 Å². The quantitative estimate of drug-likeness (QED) is 0.873. The second kappa shape index (κ2) is 5.13. The Hall–Kier alpha value is -2.08. The summed E-state index contributed by atoms with van der Waals surface area (Å²) >= 11 is 6.04. The first-order chi connectivity index (χ1) is 9.31. The number of rotatable bonds is 4. The molecule has 2 rings (SSSR count). The number of nitrogens with zero attached hydrogens (tertiary/aromatic N) is 1. The van der Waals surface area contributed by atoms with Gasteiger partial charge in [0.25, 0.3) is 0 Å². The number of aryl methyl sites for hydroxylation is 1. The second-order valence-electron chi connectivity index (χ2n) is 4.60. The Morgan fingerprint density at radius 1 is 1.45 bits per heavy atom. The van der Waals surface area contributed by atoms with Crippen molar-refractivity contribution >= 4 is 34.5 Å². The molecule has 0 unspecified atom stereocenters. The Balaban J connectivity index is 2.44. The molecule has 1 N–H and O–H groups in total. The zero-order chi connectivity index (χ0) is 15.0. The van der Waals surface area contributed by atoms with Crippen LogP contribution in [0.5, 0.6) is 0 Å². The van der Waals surface area contributed by atoms with Crippen molar-refractivity contribution in [3.8, 4) is 0 Å². The Morgan fingerprint density at radius 3 is 2.70 bits per heavy atom. The summed E-state index contributed by atoms with van der Waals surface area (Å²) in [7, 11) is 1.51. The molecular formula is C13H12ClNO5. The van der Waals surface area contributed by atoms with E-state index in [4.69, 9.17) is 21.1 Å². The molecule has 0 amide bonds. The second-order valence-corrected chi connectivity index (χ2v) is 5.01. The third kappa shape index (κ3) is 2.46. The molecular weight excluding hydrogens is 286 g/mol. The highest BCUT2D eigenvalue weighted by Gasteiger charge is 2.19. The maximum Gasteiger partial charge on any atom is 0.419 e. The molecule has 7 heteroatoms. The van der Waals surface area contributed by atoms with Crippen LogP contribution in [0.3, 0.4) is 0 Å². The van der Waals surface area contributed by atoms with Crippen LogP contribution >= 0.6 is 11.6 Å². The fourth-order valence-electron chi connectivity index (χ4n) is 1.88. The Kier molecular flexibility index (Phi) is 3.67. The van der Waals surface area contributed by atoms with Gasteiger partial charge in [-0.1, -0.05) is 18.5 Å². The summed E-state index contributed by atoms with van der Waals surface area (Å²) in [4.78, 5) is 34.2. The number of ketones is 1. The van der Waals surface area contributed by atoms with Crippen LogP contribution in [0.1, 0.15) is 23.7 Å². The summed E-state index contributed by atoms with van der Waals surface area (Å²) in [5, 5.41) is 9.01. The zero-order valence-corrected chi connectivity index (χ0v) is 11.6. The number of hydrogen-bond donors (Lipinski definition) is 1. The summed E-state index contributed by atoms with van der Waals surface area (Å²) < 4.78 is 6.22. The molecule has 106 valence electrons. The molecule has 1 aromatic heterocycles. The van der Waals surface area contributed by atoms with E-state index in [9.17, 15) is 14.4 Å². The number of carboxylic acid groups (broad SMARTS) is 1. The van der Waals surface area contributed by atoms with Crippen LogP contribution in [-0.4, -0.2) is 21.4 Å². The first kappa shape index (κ1) is 14.3. The number of carboxylic acids is 1. The molecule has 20 heavy (non-hydrogen) atoms. The molecule has 0 saturated carbocycles. The van der Waals surface area contributed by atoms with Crippen LogP contribution in [0.25, 0.3) is 11.1 Å². The van der Waals surface area contributed by atoms with Crippen molar-refractivity contribution < 1.29 is 19.1 Å². The van der Waals surface area contributed by atoms with Crippen molar-refractivity contribution in [1.29, 1.82) is 0 Å². The lowest BCUT2D eigenvalue weighted by Crippen LogP contribution is -2.14. The number of aliphatic carboxylic acids is 1. The fourth-order valence-corrected chi connectivity index (χ4v) is 2.21. The smallest absolute Gasteiger partial charge is 0.419 e. The maximum atomic E-state index is 12.0. The molecule has 0 fully saturated rings. The molecule has 0 bridgehead atoms. The molecule has 0 radical (unpaired) electrons. The Labute approximate surface area is 118 Å². The van der Waals surface area contributed by atoms with E-state index in [1.807, 2.05) is 0 Å². The number of halogens is 1. The molecule has 0 aliphatic carbocycles. The number of carbonyl (C=O) groups excluding carboxylic acids is 1. The lowest BCUT2D eigenvalue weighted by atomic mass is 10.00. The van der Waals surface area contributed by atoms with Gasteiger partial charge in [0.1, 0.15) is 5.52 Å². The highest BCUT2D eigenvalue weighted by atomic mass is 35.5. The van der Waals surface area contributed by atoms with Crippen LogP contribution in [-0.2, 0) is 11.8 Å². The van der Waals surface area contributed by atoms with Gasteiger partial charge in [0, 0.05) is 19.0 Å². The Bertz CT molecular complexity index is 758. The normalized spacial score (nSPS) is 12.6. The van der Waals surface area contributed by atoms with Crippen molar-refractivity contribution in [2.75, 3.05) is 0 Å². The van der Waals surface area contributed by atoms with Crippen molar-refractivity contribution in [1.82, 2.24) is 4.57 Å². The number of hydrogen-bond acceptors (Lipinski definition) is 4. The Morgan fingerprint density at radius 2 is 2.10 bits per heavy atom. The van der Waals surface area contributed by atoms with Crippen molar-refractivity contribution in [2.24, 2.45) is 13.0 Å². The summed E-state index contributed by atoms with van der Waals surface area (Å²) in [6, 6.07) is 2.81. The number of Topliss-reactive ketones (excluding diaryl/α,β-unsaturated/α-hetero) is 1. The lowest BCUT2D eigenvalue weighted by molar-refractivity contribution is -0.141. The first-order valence-corrected chi connectivity index (χ1v) is 6.24. The van der Waals surface area contributed by atoms with Gasteiger partial charge in [-0.15, -0.1) is 0 Å². The highest BCUT2D eigenvalue weighted by Crippen LogP contribution is 2.25. The van der Waals surface area contributed by atoms with Crippen LogP contribution in [0.15, 0.2) is 21.3 Å². The number of oxazole rings is 1. The van der Waals surface area contributed by atoms with Gasteiger partial charge in [0.05, 0.1) is 10.9 Å². The average molecular weight is 298 g/mol. The van der Waals surface area contributed by atoms with Gasteiger partial charge < -0.3 is 9.52 Å². The third-order valence-corrected chi connectivity index (χ3v) is 3.36. The lowest BCUT2D eigenvalue weighted by Gasteiger charge is -2.06. The molecule has 0 aliphatic heterocycles. The molecule has 1 heterocycles. The summed E-state index contributed by atoms with van der Waals surface area (Å²) in [5.74, 6) is -2.78. The van der Waals surface area contributed by atoms with Gasteiger partial charge >= 0.3 is 11.7 Å². The highest BCUT2D eigenvalue weighted by molar-refractivity contribution is 6.35. The number of fused-ring (bicyclic) bond motifs is 1. The zero-order valence-electron chi connectivity index (χ0n) is 10.8. The molecule has 0 spiro atoms. The number of benzene rings is 1. The minimum absolute atomic E-state index is 0.145. The minimum Gasteiger partial charge on any atom is -0.481 e. The van der Waals surface area contributed by atoms with Crippen LogP contribution in [0.2, 0.25) is 5.02 Å². The van der Waals surface area contributed by atoms with Gasteiger partial charge in [-0.3, -0.25) is 14.2 Å². The SMILES string of the molecule is C[C@H](CC(=O)c1cc(Cl)c2c(c1)oc(=O)n2C)C(=O)O. The van der Waals surface area contributed by atoms with Gasteiger partial charge in [0.15, 0.2) is 11.4 Å². The monoisotopic (exact) mass is 297 g/mol. The summed E-state index contributed by atoms with van der Waals surface area (Å²) in [6.07, 6.45) is -0.145. The van der Waals surface area contributed by atoms with Crippen LogP contribution < -0.4 is 5.76 Å². The molecule has 2 aromatic rings. The molecule has 0 aliphatic rings. The van der Waals surface area contributed by atoms with E-state index in [-0.39, 0.29) is 28.4 Å². The van der Waals surface area contributed by atoms with Gasteiger partial charge in [-0.05, 0) is 12.1 Å². The molecule has 6 nitrogen and oxygen atoms in total. The van der Waals surface area contributed by atoms with Gasteiger partial charge in [-0.2, -0.15) is 0 Å². The standard InChI is InChI=1S/C13H12ClNO5/c1-6(12(17)18)3-9(16)7-4-8(14)11-10(5-7)20-13(19)15(11)2/h4-6H,3H2,1-2H3,(H,17,18)/t6-/m1/s1. The van der Waals surface area contributed by atoms with Crippen LogP contribution in [0, 0.1) is 5.92 Å². The molecule has 0 saturated heterocycles. The van der Waals surface area contributed by atoms with Crippen molar-refractivity contribution in [3.63, 3.8) is 0 Å². The topological polar surface area (TPSA) is 89.5 Å². The fraction of sp³-hybridized carbons (Fsp3) is 0.308. The maximum absolute atomic E-state index is 12.0. The number of aromatic nitrogens is 1. The van der Waals surface area contributed by atoms with Crippen molar-refractivity contribution in [3.05, 3.63) is 33.3 Å². The average Bonchev–Trinajstić information content (AvgIpc) is 2.65. The predicted octanol–water partition coefficient (Wildman–Crippen LogP) is 2.08. The number of carbonyl (C=O) groups is 2. The predicted molar refractivity (Wildman–Crippen MR) is 72.2 cm³/mol. The van der Waals surface area contributed by atoms with Gasteiger partial charge in [0.2, 0.25) is 0 Å². The molecule has 1 aromatic carbocycles. The van der Waals surface area contributed by atoms with Crippen LogP contribution in [0.4, 0.5) is 0 Å². The van der Waals surface area contributed by atoms with Crippen molar-refractivity contribution in [2.45, 2.75) is 13.3 Å².